The van der Waals surface area contributed by atoms with E-state index in [1.165, 1.54) is 25.0 Å². The Morgan fingerprint density at radius 2 is 2.17 bits per heavy atom. The third-order valence-corrected chi connectivity index (χ3v) is 6.02. The van der Waals surface area contributed by atoms with Gasteiger partial charge in [-0.2, -0.15) is 0 Å². The normalized spacial score (nSPS) is 37.3. The maximum atomic E-state index is 5.55. The van der Waals surface area contributed by atoms with Crippen LogP contribution in [0.15, 0.2) is 6.20 Å². The second kappa shape index (κ2) is 3.72. The summed E-state index contributed by atoms with van der Waals surface area (Å²) in [5, 5.41) is 0. The number of nitrogens with one attached hydrogen (secondary N) is 1. The second-order valence-corrected chi connectivity index (χ2v) is 7.51. The van der Waals surface area contributed by atoms with Crippen LogP contribution in [0.3, 0.4) is 0 Å². The van der Waals surface area contributed by atoms with E-state index in [0.717, 1.165) is 17.1 Å². The van der Waals surface area contributed by atoms with Crippen LogP contribution in [0.5, 0.6) is 0 Å². The predicted molar refractivity (Wildman–Crippen MR) is 77.3 cm³/mol. The van der Waals surface area contributed by atoms with Crippen molar-refractivity contribution in [2.24, 2.45) is 16.7 Å². The van der Waals surface area contributed by atoms with Crippen molar-refractivity contribution in [1.29, 1.82) is 0 Å². The molecule has 0 aromatic carbocycles. The van der Waals surface area contributed by atoms with Gasteiger partial charge in [-0.1, -0.05) is 27.7 Å². The van der Waals surface area contributed by atoms with Crippen LogP contribution in [-0.4, -0.2) is 9.55 Å². The van der Waals surface area contributed by atoms with E-state index < -0.39 is 0 Å². The van der Waals surface area contributed by atoms with Crippen LogP contribution < -0.4 is 0 Å². The summed E-state index contributed by atoms with van der Waals surface area (Å²) >= 11 is 5.55. The molecular formula is C15H24N2S. The number of hydrogen-bond acceptors (Lipinski definition) is 1. The number of aromatic amines is 1. The van der Waals surface area contributed by atoms with Gasteiger partial charge in [0.1, 0.15) is 0 Å². The van der Waals surface area contributed by atoms with E-state index >= 15 is 0 Å². The topological polar surface area (TPSA) is 20.7 Å². The summed E-state index contributed by atoms with van der Waals surface area (Å²) in [4.78, 5) is 3.26. The Balaban J connectivity index is 2.16. The molecule has 2 bridgehead atoms. The first kappa shape index (κ1) is 12.5. The molecule has 0 aliphatic heterocycles. The lowest BCUT2D eigenvalue weighted by atomic mass is 9.68. The molecule has 1 N–H and O–H groups in total. The van der Waals surface area contributed by atoms with Crippen molar-refractivity contribution in [2.75, 3.05) is 0 Å². The van der Waals surface area contributed by atoms with Crippen LogP contribution in [0.2, 0.25) is 0 Å². The molecule has 0 amide bonds. The van der Waals surface area contributed by atoms with Gasteiger partial charge < -0.3 is 9.55 Å². The van der Waals surface area contributed by atoms with Gasteiger partial charge in [0.2, 0.25) is 0 Å². The molecule has 0 spiro atoms. The standard InChI is InChI=1S/C15H24N2S/c1-5-11-9-16-13(18)17(11)12-14(2,3)10-6-7-15(12,4)8-10/h9-10,12H,5-8H2,1-4H3,(H,16,18). The number of H-pyrrole nitrogens is 1. The molecule has 2 saturated carbocycles. The lowest BCUT2D eigenvalue weighted by molar-refractivity contribution is 0.0803. The Morgan fingerprint density at radius 1 is 1.44 bits per heavy atom. The third-order valence-electron chi connectivity index (χ3n) is 5.70. The van der Waals surface area contributed by atoms with E-state index in [4.69, 9.17) is 12.2 Å². The van der Waals surface area contributed by atoms with Crippen molar-refractivity contribution < 1.29 is 0 Å². The quantitative estimate of drug-likeness (QED) is 0.780. The maximum absolute atomic E-state index is 5.55. The van der Waals surface area contributed by atoms with Gasteiger partial charge in [0.05, 0.1) is 0 Å². The molecule has 1 aromatic rings. The summed E-state index contributed by atoms with van der Waals surface area (Å²) in [5.41, 5.74) is 2.18. The van der Waals surface area contributed by atoms with E-state index in [2.05, 4.69) is 43.4 Å². The largest absolute Gasteiger partial charge is 0.337 e. The fraction of sp³-hybridized carbons (Fsp3) is 0.800. The van der Waals surface area contributed by atoms with Gasteiger partial charge in [0.25, 0.3) is 0 Å². The Labute approximate surface area is 115 Å². The van der Waals surface area contributed by atoms with E-state index in [9.17, 15) is 0 Å². The summed E-state index contributed by atoms with van der Waals surface area (Å²) in [6, 6.07) is 0.567. The molecule has 2 aliphatic carbocycles. The molecule has 18 heavy (non-hydrogen) atoms. The smallest absolute Gasteiger partial charge is 0.177 e. The van der Waals surface area contributed by atoms with Crippen molar-refractivity contribution in [3.8, 4) is 0 Å². The van der Waals surface area contributed by atoms with Crippen molar-refractivity contribution in [2.45, 2.75) is 59.4 Å². The minimum atomic E-state index is 0.372. The molecule has 0 radical (unpaired) electrons. The summed E-state index contributed by atoms with van der Waals surface area (Å²) in [7, 11) is 0. The second-order valence-electron chi connectivity index (χ2n) is 7.13. The van der Waals surface area contributed by atoms with Crippen LogP contribution in [-0.2, 0) is 6.42 Å². The summed E-state index contributed by atoms with van der Waals surface area (Å²) < 4.78 is 3.35. The molecule has 1 aromatic heterocycles. The van der Waals surface area contributed by atoms with Gasteiger partial charge >= 0.3 is 0 Å². The third kappa shape index (κ3) is 1.43. The van der Waals surface area contributed by atoms with Gasteiger partial charge in [-0.05, 0) is 54.6 Å². The highest BCUT2D eigenvalue weighted by Crippen LogP contribution is 2.68. The number of imidazole rings is 1. The molecule has 2 aliphatic rings. The van der Waals surface area contributed by atoms with Crippen molar-refractivity contribution in [3.63, 3.8) is 0 Å². The number of nitrogens with zero attached hydrogens (tertiary/aromatic N) is 1. The maximum Gasteiger partial charge on any atom is 0.177 e. The summed E-state index contributed by atoms with van der Waals surface area (Å²) in [5.74, 6) is 0.869. The van der Waals surface area contributed by atoms with Gasteiger partial charge in [0, 0.05) is 17.9 Å². The highest BCUT2D eigenvalue weighted by Gasteiger charge is 2.60. The van der Waals surface area contributed by atoms with Gasteiger partial charge in [-0.3, -0.25) is 0 Å². The number of fused-ring (bicyclic) bond motifs is 2. The molecule has 3 atom stereocenters. The van der Waals surface area contributed by atoms with E-state index in [0.29, 0.717) is 16.9 Å². The highest BCUT2D eigenvalue weighted by atomic mass is 32.1. The number of hydrogen-bond donors (Lipinski definition) is 1. The van der Waals surface area contributed by atoms with Crippen molar-refractivity contribution in [1.82, 2.24) is 9.55 Å². The highest BCUT2D eigenvalue weighted by molar-refractivity contribution is 7.71. The molecule has 1 heterocycles. The van der Waals surface area contributed by atoms with Crippen molar-refractivity contribution >= 4 is 12.2 Å². The zero-order chi connectivity index (χ0) is 13.1. The predicted octanol–water partition coefficient (Wildman–Crippen LogP) is 4.50. The zero-order valence-corrected chi connectivity index (χ0v) is 12.7. The monoisotopic (exact) mass is 264 g/mol. The van der Waals surface area contributed by atoms with Crippen LogP contribution in [0.1, 0.15) is 58.7 Å². The molecule has 3 rings (SSSR count). The average molecular weight is 264 g/mol. The minimum absolute atomic E-state index is 0.372. The number of aryl methyl sites for hydroxylation is 1. The minimum Gasteiger partial charge on any atom is -0.337 e. The van der Waals surface area contributed by atoms with E-state index in [1.54, 1.807) is 0 Å². The van der Waals surface area contributed by atoms with E-state index in [1.807, 2.05) is 0 Å². The molecule has 100 valence electrons. The van der Waals surface area contributed by atoms with Crippen LogP contribution >= 0.6 is 12.2 Å². The molecule has 2 nitrogen and oxygen atoms in total. The summed E-state index contributed by atoms with van der Waals surface area (Å²) in [6.07, 6.45) is 7.30. The Bertz CT molecular complexity index is 520. The first-order chi connectivity index (χ1) is 8.40. The Morgan fingerprint density at radius 3 is 2.72 bits per heavy atom. The van der Waals surface area contributed by atoms with Gasteiger partial charge in [0.15, 0.2) is 4.77 Å². The molecule has 3 unspecified atom stereocenters. The lowest BCUT2D eigenvalue weighted by Gasteiger charge is -2.44. The van der Waals surface area contributed by atoms with E-state index in [-0.39, 0.29) is 0 Å². The van der Waals surface area contributed by atoms with Crippen molar-refractivity contribution in [3.05, 3.63) is 16.7 Å². The zero-order valence-electron chi connectivity index (χ0n) is 11.9. The van der Waals surface area contributed by atoms with Crippen LogP contribution in [0.4, 0.5) is 0 Å². The first-order valence-corrected chi connectivity index (χ1v) is 7.60. The molecular weight excluding hydrogens is 240 g/mol. The molecule has 3 heteroatoms. The Hall–Kier alpha value is -0.570. The van der Waals surface area contributed by atoms with Gasteiger partial charge in [-0.25, -0.2) is 0 Å². The Kier molecular flexibility index (Phi) is 2.58. The molecule has 0 saturated heterocycles. The van der Waals surface area contributed by atoms with Gasteiger partial charge in [-0.15, -0.1) is 0 Å². The van der Waals surface area contributed by atoms with Crippen LogP contribution in [0, 0.1) is 21.5 Å². The number of aromatic nitrogens is 2. The SMILES string of the molecule is CCc1c[nH]c(=S)n1C1C2(C)CCC(C2)C1(C)C. The summed E-state index contributed by atoms with van der Waals surface area (Å²) in [6.45, 7) is 9.58. The fourth-order valence-corrected chi connectivity index (χ4v) is 5.17. The van der Waals surface area contributed by atoms with Crippen LogP contribution in [0.25, 0.3) is 0 Å². The lowest BCUT2D eigenvalue weighted by Crippen LogP contribution is -2.38. The number of rotatable bonds is 2. The molecule has 2 fully saturated rings. The fourth-order valence-electron chi connectivity index (χ4n) is 4.89. The average Bonchev–Trinajstić information content (AvgIpc) is 2.89. The first-order valence-electron chi connectivity index (χ1n) is 7.19.